The zero-order valence-electron chi connectivity index (χ0n) is 11.4. The van der Waals surface area contributed by atoms with Gasteiger partial charge in [-0.25, -0.2) is 8.42 Å². The van der Waals surface area contributed by atoms with Crippen molar-refractivity contribution >= 4 is 14.7 Å². The molecule has 0 saturated carbocycles. The Bertz CT molecular complexity index is 616. The van der Waals surface area contributed by atoms with E-state index >= 15 is 0 Å². The van der Waals surface area contributed by atoms with Crippen LogP contribution >= 0.6 is 0 Å². The Morgan fingerprint density at radius 3 is 2.60 bits per heavy atom. The molecule has 1 aromatic carbocycles. The molecule has 0 unspecified atom stereocenters. The quantitative estimate of drug-likeness (QED) is 0.850. The lowest BCUT2D eigenvalue weighted by Gasteiger charge is -2.27. The number of nitrogens with zero attached hydrogens (tertiary/aromatic N) is 1. The molecule has 1 fully saturated rings. The van der Waals surface area contributed by atoms with E-state index in [-0.39, 0.29) is 5.75 Å². The molecule has 4 nitrogen and oxygen atoms in total. The minimum absolute atomic E-state index is 0.244. The first kappa shape index (κ1) is 13.8. The SMILES string of the molecule is O=S1(=O)CCC=C1c1ccccc1CN1CCOCC1. The number of hydrogen-bond acceptors (Lipinski definition) is 4. The monoisotopic (exact) mass is 293 g/mol. The highest BCUT2D eigenvalue weighted by atomic mass is 32.2. The maximum Gasteiger partial charge on any atom is 0.178 e. The third-order valence-corrected chi connectivity index (χ3v) is 5.66. The van der Waals surface area contributed by atoms with Gasteiger partial charge in [-0.15, -0.1) is 0 Å². The van der Waals surface area contributed by atoms with Crippen LogP contribution in [0.3, 0.4) is 0 Å². The maximum atomic E-state index is 12.1. The van der Waals surface area contributed by atoms with E-state index < -0.39 is 9.84 Å². The first-order valence-corrected chi connectivity index (χ1v) is 8.63. The molecule has 0 atom stereocenters. The molecule has 3 rings (SSSR count). The summed E-state index contributed by atoms with van der Waals surface area (Å²) in [6, 6.07) is 7.83. The van der Waals surface area contributed by atoms with E-state index in [1.54, 1.807) is 0 Å². The molecule has 20 heavy (non-hydrogen) atoms. The van der Waals surface area contributed by atoms with E-state index in [1.807, 2.05) is 30.3 Å². The normalized spacial score (nSPS) is 22.7. The van der Waals surface area contributed by atoms with E-state index in [0.29, 0.717) is 11.3 Å². The second-order valence-electron chi connectivity index (χ2n) is 5.22. The van der Waals surface area contributed by atoms with E-state index in [4.69, 9.17) is 4.74 Å². The molecule has 0 spiro atoms. The molecule has 0 bridgehead atoms. The predicted molar refractivity (Wildman–Crippen MR) is 78.9 cm³/mol. The minimum Gasteiger partial charge on any atom is -0.379 e. The first-order valence-electron chi connectivity index (χ1n) is 6.98. The lowest BCUT2D eigenvalue weighted by Crippen LogP contribution is -2.35. The summed E-state index contributed by atoms with van der Waals surface area (Å²) in [4.78, 5) is 2.83. The Balaban J connectivity index is 1.88. The van der Waals surface area contributed by atoms with Crippen molar-refractivity contribution in [3.8, 4) is 0 Å². The number of morpholine rings is 1. The summed E-state index contributed by atoms with van der Waals surface area (Å²) in [6.45, 7) is 4.10. The van der Waals surface area contributed by atoms with E-state index in [1.165, 1.54) is 0 Å². The second kappa shape index (κ2) is 5.68. The van der Waals surface area contributed by atoms with Crippen LogP contribution in [0.1, 0.15) is 17.5 Å². The van der Waals surface area contributed by atoms with Gasteiger partial charge in [0.15, 0.2) is 9.84 Å². The molecule has 0 aromatic heterocycles. The Morgan fingerprint density at radius 1 is 1.15 bits per heavy atom. The molecule has 0 amide bonds. The van der Waals surface area contributed by atoms with Crippen molar-refractivity contribution < 1.29 is 13.2 Å². The number of sulfone groups is 1. The van der Waals surface area contributed by atoms with Gasteiger partial charge >= 0.3 is 0 Å². The molecule has 1 saturated heterocycles. The number of rotatable bonds is 3. The molecule has 2 aliphatic rings. The zero-order valence-corrected chi connectivity index (χ0v) is 12.2. The van der Waals surface area contributed by atoms with Gasteiger partial charge in [0.25, 0.3) is 0 Å². The number of allylic oxidation sites excluding steroid dienone is 1. The fourth-order valence-corrected chi connectivity index (χ4v) is 4.31. The van der Waals surface area contributed by atoms with Crippen molar-refractivity contribution in [2.75, 3.05) is 32.1 Å². The van der Waals surface area contributed by atoms with Gasteiger partial charge in [0.05, 0.1) is 23.9 Å². The van der Waals surface area contributed by atoms with Crippen molar-refractivity contribution in [3.63, 3.8) is 0 Å². The number of hydrogen-bond donors (Lipinski definition) is 0. The molecule has 2 heterocycles. The summed E-state index contributed by atoms with van der Waals surface area (Å²) in [7, 11) is -3.09. The fraction of sp³-hybridized carbons (Fsp3) is 0.467. The number of ether oxygens (including phenoxy) is 1. The highest BCUT2D eigenvalue weighted by Crippen LogP contribution is 2.31. The van der Waals surface area contributed by atoms with Crippen molar-refractivity contribution in [3.05, 3.63) is 41.5 Å². The third-order valence-electron chi connectivity index (χ3n) is 3.83. The third kappa shape index (κ3) is 2.80. The van der Waals surface area contributed by atoms with Gasteiger partial charge in [-0.3, -0.25) is 4.90 Å². The van der Waals surface area contributed by atoms with Crippen LogP contribution in [0.2, 0.25) is 0 Å². The number of benzene rings is 1. The predicted octanol–water partition coefficient (Wildman–Crippen LogP) is 1.68. The van der Waals surface area contributed by atoms with E-state index in [0.717, 1.165) is 44.0 Å². The van der Waals surface area contributed by atoms with Crippen LogP contribution in [0, 0.1) is 0 Å². The Kier molecular flexibility index (Phi) is 3.92. The minimum atomic E-state index is -3.09. The molecule has 2 aliphatic heterocycles. The molecular weight excluding hydrogens is 274 g/mol. The average Bonchev–Trinajstić information content (AvgIpc) is 2.80. The summed E-state index contributed by atoms with van der Waals surface area (Å²) in [5, 5.41) is 0. The molecule has 0 N–H and O–H groups in total. The Morgan fingerprint density at radius 2 is 1.90 bits per heavy atom. The highest BCUT2D eigenvalue weighted by molar-refractivity contribution is 8.00. The topological polar surface area (TPSA) is 46.6 Å². The van der Waals surface area contributed by atoms with Gasteiger partial charge in [0, 0.05) is 19.6 Å². The summed E-state index contributed by atoms with van der Waals surface area (Å²) in [5.74, 6) is 0.244. The van der Waals surface area contributed by atoms with Crippen LogP contribution in [0.4, 0.5) is 0 Å². The van der Waals surface area contributed by atoms with Crippen molar-refractivity contribution in [1.29, 1.82) is 0 Å². The van der Waals surface area contributed by atoms with Gasteiger partial charge in [0.1, 0.15) is 0 Å². The second-order valence-corrected chi connectivity index (χ2v) is 7.30. The summed E-state index contributed by atoms with van der Waals surface area (Å²) >= 11 is 0. The van der Waals surface area contributed by atoms with Crippen LogP contribution in [0.5, 0.6) is 0 Å². The fourth-order valence-electron chi connectivity index (χ4n) is 2.76. The standard InChI is InChI=1S/C15H19NO3S/c17-20(18)11-3-6-15(20)14-5-2-1-4-13(14)12-16-7-9-19-10-8-16/h1-2,4-6H,3,7-12H2. The van der Waals surface area contributed by atoms with Crippen LogP contribution in [-0.4, -0.2) is 45.4 Å². The molecule has 5 heteroatoms. The van der Waals surface area contributed by atoms with Gasteiger partial charge in [0.2, 0.25) is 0 Å². The van der Waals surface area contributed by atoms with Gasteiger partial charge in [-0.2, -0.15) is 0 Å². The molecule has 0 radical (unpaired) electrons. The van der Waals surface area contributed by atoms with Gasteiger partial charge in [-0.1, -0.05) is 30.3 Å². The van der Waals surface area contributed by atoms with Crippen molar-refractivity contribution in [2.45, 2.75) is 13.0 Å². The van der Waals surface area contributed by atoms with Gasteiger partial charge < -0.3 is 4.74 Å². The van der Waals surface area contributed by atoms with Crippen LogP contribution in [-0.2, 0) is 21.1 Å². The smallest absolute Gasteiger partial charge is 0.178 e. The van der Waals surface area contributed by atoms with Gasteiger partial charge in [-0.05, 0) is 17.5 Å². The van der Waals surface area contributed by atoms with E-state index in [2.05, 4.69) is 4.90 Å². The molecular formula is C15H19NO3S. The van der Waals surface area contributed by atoms with Crippen molar-refractivity contribution in [1.82, 2.24) is 4.90 Å². The van der Waals surface area contributed by atoms with Crippen molar-refractivity contribution in [2.24, 2.45) is 0 Å². The molecule has 108 valence electrons. The highest BCUT2D eigenvalue weighted by Gasteiger charge is 2.26. The van der Waals surface area contributed by atoms with Crippen LogP contribution in [0.15, 0.2) is 30.3 Å². The van der Waals surface area contributed by atoms with Crippen LogP contribution < -0.4 is 0 Å². The Labute approximate surface area is 120 Å². The lowest BCUT2D eigenvalue weighted by molar-refractivity contribution is 0.0341. The van der Waals surface area contributed by atoms with Crippen LogP contribution in [0.25, 0.3) is 4.91 Å². The molecule has 0 aliphatic carbocycles. The Hall–Kier alpha value is -1.17. The average molecular weight is 293 g/mol. The van der Waals surface area contributed by atoms with E-state index in [9.17, 15) is 8.42 Å². The lowest BCUT2D eigenvalue weighted by atomic mass is 10.1. The first-order chi connectivity index (χ1) is 9.67. The summed E-state index contributed by atoms with van der Waals surface area (Å²) in [5.41, 5.74) is 1.96. The largest absolute Gasteiger partial charge is 0.379 e. The summed E-state index contributed by atoms with van der Waals surface area (Å²) in [6.07, 6.45) is 2.48. The zero-order chi connectivity index (χ0) is 14.0. The maximum absolute atomic E-state index is 12.1. The summed E-state index contributed by atoms with van der Waals surface area (Å²) < 4.78 is 29.6. The molecule has 1 aromatic rings.